The van der Waals surface area contributed by atoms with Crippen LogP contribution in [-0.2, 0) is 9.53 Å². The number of carbonyl (C=O) groups is 2. The second-order valence-corrected chi connectivity index (χ2v) is 11.7. The molecule has 1 N–H and O–H groups in total. The van der Waals surface area contributed by atoms with Crippen molar-refractivity contribution in [1.82, 2.24) is 19.8 Å². The number of hydrogen-bond acceptors (Lipinski definition) is 5. The van der Waals surface area contributed by atoms with E-state index in [4.69, 9.17) is 26.1 Å². The average molecular weight is 612 g/mol. The van der Waals surface area contributed by atoms with Gasteiger partial charge < -0.3 is 24.3 Å². The maximum atomic E-state index is 13.3. The lowest BCUT2D eigenvalue weighted by Crippen LogP contribution is -2.56. The van der Waals surface area contributed by atoms with Crippen LogP contribution in [0.5, 0.6) is 5.75 Å². The smallest absolute Gasteiger partial charge is 0.410 e. The van der Waals surface area contributed by atoms with Crippen molar-refractivity contribution >= 4 is 50.6 Å². The highest BCUT2D eigenvalue weighted by molar-refractivity contribution is 9.10. The number of hydrogen-bond donors (Lipinski definition) is 1. The van der Waals surface area contributed by atoms with Crippen molar-refractivity contribution < 1.29 is 27.8 Å². The number of carbonyl (C=O) groups excluding carboxylic acids is 2. The molecule has 3 aromatic rings. The summed E-state index contributed by atoms with van der Waals surface area (Å²) in [7, 11) is 0. The Morgan fingerprint density at radius 1 is 1.21 bits per heavy atom. The summed E-state index contributed by atoms with van der Waals surface area (Å²) in [6, 6.07) is 9.16. The zero-order valence-corrected chi connectivity index (χ0v) is 23.2. The average Bonchev–Trinajstić information content (AvgIpc) is 3.29. The molecule has 0 saturated carbocycles. The Kier molecular flexibility index (Phi) is 7.02. The summed E-state index contributed by atoms with van der Waals surface area (Å²) in [6.45, 7) is 2.85. The Labute approximate surface area is 231 Å². The quantitative estimate of drug-likeness (QED) is 0.379. The fourth-order valence-corrected chi connectivity index (χ4v) is 5.69. The molecule has 0 spiro atoms. The minimum atomic E-state index is -3.00. The number of benzene rings is 2. The van der Waals surface area contributed by atoms with Gasteiger partial charge in [0.1, 0.15) is 17.2 Å². The largest absolute Gasteiger partial charge is 0.444 e. The zero-order valence-electron chi connectivity index (χ0n) is 20.9. The number of alkyl halides is 2. The molecule has 2 aliphatic rings. The predicted molar refractivity (Wildman–Crippen MR) is 140 cm³/mol. The predicted octanol–water partition coefficient (Wildman–Crippen LogP) is 6.07. The fourth-order valence-electron chi connectivity index (χ4n) is 4.91. The molecule has 0 radical (unpaired) electrons. The number of fused-ring (bicyclic) bond motifs is 3. The van der Waals surface area contributed by atoms with Crippen LogP contribution in [0.2, 0.25) is 5.02 Å². The highest BCUT2D eigenvalue weighted by Gasteiger charge is 2.42. The number of rotatable bonds is 5. The number of amides is 2. The Morgan fingerprint density at radius 3 is 2.63 bits per heavy atom. The molecule has 38 heavy (non-hydrogen) atoms. The summed E-state index contributed by atoms with van der Waals surface area (Å²) < 4.78 is 39.2. The van der Waals surface area contributed by atoms with E-state index in [1.54, 1.807) is 51.1 Å². The van der Waals surface area contributed by atoms with Crippen LogP contribution in [0.4, 0.5) is 13.6 Å². The van der Waals surface area contributed by atoms with Crippen LogP contribution < -0.4 is 10.1 Å². The summed E-state index contributed by atoms with van der Waals surface area (Å²) in [5.74, 6) is 0.00849. The standard InChI is InChI=1S/C26H26BrClF2N4O4/c1-26(2,3)38-25(36)33-11-13(12-33)23(35)32-17-10-19(21-15(27)5-4-6-20(21)37-24(29)30)34-18-9-14(28)7-8-16(18)31-22(17)34/h4-9,13,17,19,24H,10-12H2,1-3H3,(H,32,35)/t17-,19-/m1/s1. The second-order valence-electron chi connectivity index (χ2n) is 10.4. The third-order valence-electron chi connectivity index (χ3n) is 6.54. The molecule has 12 heteroatoms. The number of ether oxygens (including phenoxy) is 2. The molecule has 2 aromatic carbocycles. The minimum absolute atomic E-state index is 0.0353. The fraction of sp³-hybridized carbons (Fsp3) is 0.423. The highest BCUT2D eigenvalue weighted by Crippen LogP contribution is 2.47. The molecule has 0 unspecified atom stereocenters. The molecule has 2 atom stereocenters. The van der Waals surface area contributed by atoms with Crippen LogP contribution in [0.3, 0.4) is 0 Å². The van der Waals surface area contributed by atoms with Crippen LogP contribution in [0, 0.1) is 5.92 Å². The lowest BCUT2D eigenvalue weighted by molar-refractivity contribution is -0.130. The van der Waals surface area contributed by atoms with Gasteiger partial charge in [-0.2, -0.15) is 8.78 Å². The Balaban J connectivity index is 1.42. The molecule has 0 bridgehead atoms. The first-order chi connectivity index (χ1) is 17.9. The van der Waals surface area contributed by atoms with E-state index in [1.165, 1.54) is 11.0 Å². The number of nitrogens with zero attached hydrogens (tertiary/aromatic N) is 3. The van der Waals surface area contributed by atoms with Crippen LogP contribution >= 0.6 is 27.5 Å². The third-order valence-corrected chi connectivity index (χ3v) is 7.47. The SMILES string of the molecule is CC(C)(C)OC(=O)N1CC(C(=O)N[C@@H]2C[C@H](c3c(Br)cccc3OC(F)F)n3c2nc2ccc(Cl)cc23)C1. The molecule has 202 valence electrons. The maximum Gasteiger partial charge on any atom is 0.410 e. The Bertz CT molecular complexity index is 1400. The van der Waals surface area contributed by atoms with Crippen LogP contribution in [-0.4, -0.2) is 51.8 Å². The van der Waals surface area contributed by atoms with Crippen molar-refractivity contribution in [3.05, 3.63) is 57.3 Å². The first kappa shape index (κ1) is 26.7. The van der Waals surface area contributed by atoms with Crippen molar-refractivity contribution in [1.29, 1.82) is 0 Å². The lowest BCUT2D eigenvalue weighted by Gasteiger charge is -2.39. The highest BCUT2D eigenvalue weighted by atomic mass is 79.9. The summed E-state index contributed by atoms with van der Waals surface area (Å²) in [6.07, 6.45) is -0.0945. The molecule has 1 aromatic heterocycles. The van der Waals surface area contributed by atoms with Gasteiger partial charge in [-0.3, -0.25) is 4.79 Å². The molecule has 2 amide bonds. The lowest BCUT2D eigenvalue weighted by atomic mass is 9.98. The van der Waals surface area contributed by atoms with Crippen LogP contribution in [0.15, 0.2) is 40.9 Å². The van der Waals surface area contributed by atoms with Gasteiger partial charge in [0.15, 0.2) is 0 Å². The van der Waals surface area contributed by atoms with Crippen molar-refractivity contribution in [3.63, 3.8) is 0 Å². The monoisotopic (exact) mass is 610 g/mol. The van der Waals surface area contributed by atoms with E-state index < -0.39 is 36.3 Å². The van der Waals surface area contributed by atoms with Crippen LogP contribution in [0.1, 0.15) is 50.7 Å². The first-order valence-electron chi connectivity index (χ1n) is 12.1. The summed E-state index contributed by atoms with van der Waals surface area (Å²) in [5.41, 5.74) is 1.28. The topological polar surface area (TPSA) is 85.7 Å². The zero-order chi connectivity index (χ0) is 27.4. The van der Waals surface area contributed by atoms with Crippen molar-refractivity contribution in [3.8, 4) is 5.75 Å². The van der Waals surface area contributed by atoms with E-state index in [1.807, 2.05) is 4.57 Å². The molecule has 3 heterocycles. The van der Waals surface area contributed by atoms with Gasteiger partial charge in [-0.05, 0) is 57.5 Å². The summed E-state index contributed by atoms with van der Waals surface area (Å²) >= 11 is 9.78. The number of likely N-dealkylation sites (tertiary alicyclic amines) is 1. The minimum Gasteiger partial charge on any atom is -0.444 e. The molecule has 8 nitrogen and oxygen atoms in total. The van der Waals surface area contributed by atoms with E-state index in [2.05, 4.69) is 21.2 Å². The van der Waals surface area contributed by atoms with Gasteiger partial charge in [-0.25, -0.2) is 9.78 Å². The maximum absolute atomic E-state index is 13.3. The van der Waals surface area contributed by atoms with Gasteiger partial charge in [0.25, 0.3) is 0 Å². The van der Waals surface area contributed by atoms with Crippen molar-refractivity contribution in [2.75, 3.05) is 13.1 Å². The normalized spacial score (nSPS) is 19.4. The first-order valence-corrected chi connectivity index (χ1v) is 13.3. The molecule has 1 fully saturated rings. The number of nitrogens with one attached hydrogen (secondary N) is 1. The summed E-state index contributed by atoms with van der Waals surface area (Å²) in [4.78, 5) is 31.7. The van der Waals surface area contributed by atoms with Crippen molar-refractivity contribution in [2.45, 2.75) is 51.5 Å². The summed E-state index contributed by atoms with van der Waals surface area (Å²) in [5, 5.41) is 3.56. The molecule has 2 aliphatic heterocycles. The van der Waals surface area contributed by atoms with Crippen LogP contribution in [0.25, 0.3) is 11.0 Å². The van der Waals surface area contributed by atoms with Gasteiger partial charge >= 0.3 is 12.7 Å². The van der Waals surface area contributed by atoms with Crippen molar-refractivity contribution in [2.24, 2.45) is 5.92 Å². The van der Waals surface area contributed by atoms with E-state index in [-0.39, 0.29) is 24.7 Å². The number of halogens is 4. The Morgan fingerprint density at radius 2 is 1.95 bits per heavy atom. The van der Waals surface area contributed by atoms with Gasteiger partial charge in [0, 0.05) is 28.1 Å². The number of aromatic nitrogens is 2. The third kappa shape index (κ3) is 5.18. The van der Waals surface area contributed by atoms with E-state index in [0.29, 0.717) is 38.3 Å². The number of imidazole rings is 1. The van der Waals surface area contributed by atoms with Gasteiger partial charge in [0.2, 0.25) is 5.91 Å². The molecule has 1 saturated heterocycles. The van der Waals surface area contributed by atoms with Gasteiger partial charge in [0.05, 0.1) is 29.0 Å². The van der Waals surface area contributed by atoms with E-state index >= 15 is 0 Å². The molecule has 5 rings (SSSR count). The second kappa shape index (κ2) is 10.00. The van der Waals surface area contributed by atoms with Gasteiger partial charge in [-0.1, -0.05) is 33.6 Å². The molecule has 0 aliphatic carbocycles. The molecular weight excluding hydrogens is 586 g/mol. The Hall–Kier alpha value is -2.92. The van der Waals surface area contributed by atoms with Gasteiger partial charge in [-0.15, -0.1) is 0 Å². The van der Waals surface area contributed by atoms with E-state index in [9.17, 15) is 18.4 Å². The molecular formula is C26H26BrClF2N4O4. The van der Waals surface area contributed by atoms with E-state index in [0.717, 1.165) is 0 Å².